The van der Waals surface area contributed by atoms with Gasteiger partial charge in [-0.2, -0.15) is 13.2 Å². The molecule has 0 unspecified atom stereocenters. The lowest BCUT2D eigenvalue weighted by Gasteiger charge is -2.18. The van der Waals surface area contributed by atoms with E-state index < -0.39 is 30.4 Å². The Bertz CT molecular complexity index is 233. The summed E-state index contributed by atoms with van der Waals surface area (Å²) in [4.78, 5) is 10.4. The Balaban J connectivity index is 4.52. The van der Waals surface area contributed by atoms with Gasteiger partial charge in [0, 0.05) is 0 Å². The van der Waals surface area contributed by atoms with E-state index in [1.54, 1.807) is 0 Å². The van der Waals surface area contributed by atoms with Crippen molar-refractivity contribution < 1.29 is 23.1 Å². The highest BCUT2D eigenvalue weighted by Gasteiger charge is 2.39. The van der Waals surface area contributed by atoms with Crippen LogP contribution in [0.3, 0.4) is 0 Å². The lowest BCUT2D eigenvalue weighted by molar-refractivity contribution is -0.166. The number of alkyl halides is 3. The van der Waals surface area contributed by atoms with Gasteiger partial charge in [-0.15, -0.1) is 13.2 Å². The second-order valence-corrected chi connectivity index (χ2v) is 2.80. The minimum absolute atomic E-state index is 0.550. The van der Waals surface area contributed by atoms with Crippen molar-refractivity contribution in [2.75, 3.05) is 0 Å². The van der Waals surface area contributed by atoms with Crippen LogP contribution >= 0.6 is 0 Å². The normalized spacial score (nSPS) is 15.6. The molecule has 0 radical (unpaired) electrons. The molecule has 0 aromatic carbocycles. The number of hydrogen-bond donors (Lipinski definition) is 1. The summed E-state index contributed by atoms with van der Waals surface area (Å²) in [7, 11) is 0. The monoisotopic (exact) mass is 208 g/mol. The summed E-state index contributed by atoms with van der Waals surface area (Å²) in [6, 6.07) is 0. The van der Waals surface area contributed by atoms with E-state index >= 15 is 0 Å². The Morgan fingerprint density at radius 2 is 1.86 bits per heavy atom. The highest BCUT2D eigenvalue weighted by molar-refractivity contribution is 5.71. The number of carbonyl (C=O) groups is 1. The van der Waals surface area contributed by atoms with Gasteiger partial charge in [0.15, 0.2) is 0 Å². The lowest BCUT2D eigenvalue weighted by atomic mass is 9.94. The Labute approximate surface area is 79.7 Å². The molecule has 1 N–H and O–H groups in total. The molecule has 0 aliphatic carbocycles. The van der Waals surface area contributed by atoms with Crippen molar-refractivity contribution in [2.45, 2.75) is 12.6 Å². The van der Waals surface area contributed by atoms with Crippen LogP contribution in [0.15, 0.2) is 25.3 Å². The van der Waals surface area contributed by atoms with Gasteiger partial charge in [-0.1, -0.05) is 12.2 Å². The molecule has 2 atom stereocenters. The number of halogens is 3. The molecule has 0 bridgehead atoms. The first-order valence-corrected chi connectivity index (χ1v) is 3.87. The predicted octanol–water partition coefficient (Wildman–Crippen LogP) is 2.63. The van der Waals surface area contributed by atoms with Crippen molar-refractivity contribution in [1.82, 2.24) is 0 Å². The molecule has 0 spiro atoms. The van der Waals surface area contributed by atoms with Gasteiger partial charge in [-0.3, -0.25) is 4.79 Å². The molecule has 2 nitrogen and oxygen atoms in total. The van der Waals surface area contributed by atoms with E-state index in [4.69, 9.17) is 5.11 Å². The first-order valence-electron chi connectivity index (χ1n) is 3.87. The molecular formula is C9H11F3O2. The van der Waals surface area contributed by atoms with Crippen molar-refractivity contribution in [1.29, 1.82) is 0 Å². The maximum absolute atomic E-state index is 12.2. The molecule has 0 amide bonds. The van der Waals surface area contributed by atoms with Crippen molar-refractivity contribution in [3.05, 3.63) is 25.3 Å². The third kappa shape index (κ3) is 3.64. The van der Waals surface area contributed by atoms with Gasteiger partial charge in [-0.05, 0) is 6.42 Å². The minimum Gasteiger partial charge on any atom is -0.481 e. The number of allylic oxidation sites excluding steroid dienone is 1. The van der Waals surface area contributed by atoms with Crippen LogP contribution in [0.5, 0.6) is 0 Å². The molecule has 0 aromatic rings. The zero-order valence-electron chi connectivity index (χ0n) is 7.42. The van der Waals surface area contributed by atoms with Gasteiger partial charge in [-0.25, -0.2) is 0 Å². The Kier molecular flexibility index (Phi) is 4.40. The van der Waals surface area contributed by atoms with Gasteiger partial charge >= 0.3 is 12.1 Å². The fraction of sp³-hybridized carbons (Fsp3) is 0.444. The fourth-order valence-corrected chi connectivity index (χ4v) is 0.935. The van der Waals surface area contributed by atoms with E-state index in [2.05, 4.69) is 13.2 Å². The molecule has 0 aromatic heterocycles. The van der Waals surface area contributed by atoms with Crippen LogP contribution < -0.4 is 0 Å². The first kappa shape index (κ1) is 12.7. The maximum Gasteiger partial charge on any atom is 0.395 e. The third-order valence-corrected chi connectivity index (χ3v) is 1.81. The quantitative estimate of drug-likeness (QED) is 0.705. The number of aliphatic carboxylic acids is 1. The second kappa shape index (κ2) is 4.83. The van der Waals surface area contributed by atoms with Crippen LogP contribution in [-0.4, -0.2) is 17.3 Å². The lowest BCUT2D eigenvalue weighted by Crippen LogP contribution is -2.25. The molecule has 0 rings (SSSR count). The zero-order chi connectivity index (χ0) is 11.4. The standard InChI is InChI=1S/C9H11F3O2/c1-3-6(8(13)14)5-7(4-2)9(10,11)12/h3-4,6-7H,1-2,5H2,(H,13,14)/t6-,7+/m1/s1. The summed E-state index contributed by atoms with van der Waals surface area (Å²) in [5.74, 6) is -4.31. The van der Waals surface area contributed by atoms with Crippen LogP contribution in [0.1, 0.15) is 6.42 Å². The third-order valence-electron chi connectivity index (χ3n) is 1.81. The molecule has 0 aliphatic rings. The van der Waals surface area contributed by atoms with Crippen molar-refractivity contribution in [2.24, 2.45) is 11.8 Å². The largest absolute Gasteiger partial charge is 0.481 e. The molecule has 5 heteroatoms. The summed E-state index contributed by atoms with van der Waals surface area (Å²) in [5, 5.41) is 8.51. The molecular weight excluding hydrogens is 197 g/mol. The average Bonchev–Trinajstić information content (AvgIpc) is 2.03. The van der Waals surface area contributed by atoms with Crippen LogP contribution in [0.4, 0.5) is 13.2 Å². The average molecular weight is 208 g/mol. The van der Waals surface area contributed by atoms with Gasteiger partial charge in [0.05, 0.1) is 11.8 Å². The smallest absolute Gasteiger partial charge is 0.395 e. The van der Waals surface area contributed by atoms with Crippen LogP contribution in [-0.2, 0) is 4.79 Å². The van der Waals surface area contributed by atoms with E-state index in [9.17, 15) is 18.0 Å². The molecule has 14 heavy (non-hydrogen) atoms. The topological polar surface area (TPSA) is 37.3 Å². The molecule has 0 saturated heterocycles. The van der Waals surface area contributed by atoms with Crippen molar-refractivity contribution >= 4 is 5.97 Å². The van der Waals surface area contributed by atoms with E-state index in [-0.39, 0.29) is 0 Å². The Morgan fingerprint density at radius 1 is 1.36 bits per heavy atom. The van der Waals surface area contributed by atoms with E-state index in [1.807, 2.05) is 0 Å². The van der Waals surface area contributed by atoms with Gasteiger partial charge in [0.2, 0.25) is 0 Å². The summed E-state index contributed by atoms with van der Waals surface area (Å²) < 4.78 is 36.5. The first-order chi connectivity index (χ1) is 6.32. The number of rotatable bonds is 5. The van der Waals surface area contributed by atoms with Crippen molar-refractivity contribution in [3.8, 4) is 0 Å². The fourth-order valence-electron chi connectivity index (χ4n) is 0.935. The summed E-state index contributed by atoms with van der Waals surface area (Å²) in [5.41, 5.74) is 0. The number of hydrogen-bond acceptors (Lipinski definition) is 1. The SMILES string of the molecule is C=C[C@H](C[C@H](C=C)C(F)(F)F)C(=O)O. The maximum atomic E-state index is 12.2. The molecule has 0 fully saturated rings. The van der Waals surface area contributed by atoms with Crippen LogP contribution in [0.25, 0.3) is 0 Å². The number of carboxylic acid groups (broad SMARTS) is 1. The Morgan fingerprint density at radius 3 is 2.07 bits per heavy atom. The van der Waals surface area contributed by atoms with E-state index in [1.165, 1.54) is 0 Å². The Hall–Kier alpha value is -1.26. The van der Waals surface area contributed by atoms with Gasteiger partial charge in [0.1, 0.15) is 0 Å². The summed E-state index contributed by atoms with van der Waals surface area (Å²) >= 11 is 0. The molecule has 80 valence electrons. The van der Waals surface area contributed by atoms with E-state index in [0.29, 0.717) is 6.08 Å². The molecule has 0 aliphatic heterocycles. The second-order valence-electron chi connectivity index (χ2n) is 2.80. The number of carboxylic acids is 1. The van der Waals surface area contributed by atoms with Crippen molar-refractivity contribution in [3.63, 3.8) is 0 Å². The van der Waals surface area contributed by atoms with Gasteiger partial charge in [0.25, 0.3) is 0 Å². The van der Waals surface area contributed by atoms with E-state index in [0.717, 1.165) is 6.08 Å². The molecule has 0 saturated carbocycles. The summed E-state index contributed by atoms with van der Waals surface area (Å²) in [6.07, 6.45) is -3.30. The minimum atomic E-state index is -4.45. The molecule has 0 heterocycles. The van der Waals surface area contributed by atoms with Crippen LogP contribution in [0.2, 0.25) is 0 Å². The van der Waals surface area contributed by atoms with Gasteiger partial charge < -0.3 is 5.11 Å². The highest BCUT2D eigenvalue weighted by Crippen LogP contribution is 2.32. The summed E-state index contributed by atoms with van der Waals surface area (Å²) in [6.45, 7) is 6.20. The zero-order valence-corrected chi connectivity index (χ0v) is 7.42. The highest BCUT2D eigenvalue weighted by atomic mass is 19.4. The van der Waals surface area contributed by atoms with Crippen LogP contribution in [0, 0.1) is 11.8 Å². The predicted molar refractivity (Wildman–Crippen MR) is 45.7 cm³/mol.